The Hall–Kier alpha value is -1.39. The molecule has 19 heavy (non-hydrogen) atoms. The van der Waals surface area contributed by atoms with E-state index in [9.17, 15) is 4.79 Å². The molecule has 1 aromatic carbocycles. The van der Waals surface area contributed by atoms with Crippen molar-refractivity contribution >= 4 is 5.97 Å². The van der Waals surface area contributed by atoms with E-state index in [0.717, 1.165) is 0 Å². The van der Waals surface area contributed by atoms with Crippen molar-refractivity contribution in [3.8, 4) is 0 Å². The van der Waals surface area contributed by atoms with Crippen molar-refractivity contribution in [2.75, 3.05) is 26.4 Å². The van der Waals surface area contributed by atoms with Gasteiger partial charge in [0.25, 0.3) is 0 Å². The molecular weight excluding hydrogens is 242 g/mol. The van der Waals surface area contributed by atoms with E-state index in [1.165, 1.54) is 11.1 Å². The molecule has 4 heteroatoms. The van der Waals surface area contributed by atoms with Gasteiger partial charge in [0.15, 0.2) is 0 Å². The summed E-state index contributed by atoms with van der Waals surface area (Å²) >= 11 is 0. The Bertz CT molecular complexity index is 393. The minimum Gasteiger partial charge on any atom is -0.464 e. The molecule has 0 aromatic heterocycles. The molecule has 0 radical (unpaired) electrons. The van der Waals surface area contributed by atoms with E-state index in [2.05, 4.69) is 43.4 Å². The molecule has 0 unspecified atom stereocenters. The number of benzene rings is 1. The zero-order valence-corrected chi connectivity index (χ0v) is 11.9. The zero-order chi connectivity index (χ0) is 14.1. The maximum atomic E-state index is 11.0. The van der Waals surface area contributed by atoms with Crippen LogP contribution in [0.5, 0.6) is 0 Å². The van der Waals surface area contributed by atoms with Crippen molar-refractivity contribution in [1.82, 2.24) is 5.32 Å². The van der Waals surface area contributed by atoms with Crippen molar-refractivity contribution in [1.29, 1.82) is 0 Å². The van der Waals surface area contributed by atoms with Crippen LogP contribution in [0.2, 0.25) is 0 Å². The smallest absolute Gasteiger partial charge is 0.332 e. The molecule has 0 spiro atoms. The van der Waals surface area contributed by atoms with Gasteiger partial charge in [-0.25, -0.2) is 4.79 Å². The number of esters is 1. The second-order valence-electron chi connectivity index (χ2n) is 4.45. The summed E-state index contributed by atoms with van der Waals surface area (Å²) in [7, 11) is 0. The normalized spacial score (nSPS) is 12.2. The summed E-state index contributed by atoms with van der Waals surface area (Å²) < 4.78 is 9.99. The first kappa shape index (κ1) is 15.7. The van der Waals surface area contributed by atoms with Crippen LogP contribution < -0.4 is 5.32 Å². The number of nitrogens with one attached hydrogen (secondary N) is 1. The Labute approximate surface area is 115 Å². The van der Waals surface area contributed by atoms with Gasteiger partial charge in [-0.15, -0.1) is 0 Å². The quantitative estimate of drug-likeness (QED) is 0.578. The van der Waals surface area contributed by atoms with Gasteiger partial charge in [-0.05, 0) is 26.3 Å². The zero-order valence-electron chi connectivity index (χ0n) is 11.9. The Morgan fingerprint density at radius 2 is 2.21 bits per heavy atom. The van der Waals surface area contributed by atoms with Crippen LogP contribution in [0.15, 0.2) is 24.3 Å². The fourth-order valence-corrected chi connectivity index (χ4v) is 1.76. The third kappa shape index (κ3) is 6.36. The number of rotatable bonds is 8. The fraction of sp³-hybridized carbons (Fsp3) is 0.533. The molecule has 0 fully saturated rings. The lowest BCUT2D eigenvalue weighted by molar-refractivity contribution is -0.148. The molecule has 0 amide bonds. The van der Waals surface area contributed by atoms with E-state index in [0.29, 0.717) is 19.8 Å². The predicted molar refractivity (Wildman–Crippen MR) is 75.0 cm³/mol. The Kier molecular flexibility index (Phi) is 7.15. The molecule has 0 heterocycles. The molecule has 4 nitrogen and oxygen atoms in total. The fourth-order valence-electron chi connectivity index (χ4n) is 1.76. The van der Waals surface area contributed by atoms with Crippen LogP contribution in [0.4, 0.5) is 0 Å². The molecule has 1 N–H and O–H groups in total. The van der Waals surface area contributed by atoms with Gasteiger partial charge < -0.3 is 14.8 Å². The van der Waals surface area contributed by atoms with E-state index >= 15 is 0 Å². The number of hydrogen-bond acceptors (Lipinski definition) is 4. The van der Waals surface area contributed by atoms with Gasteiger partial charge in [0.05, 0.1) is 13.2 Å². The van der Waals surface area contributed by atoms with Crippen LogP contribution in [-0.4, -0.2) is 32.3 Å². The Morgan fingerprint density at radius 3 is 2.89 bits per heavy atom. The SMILES string of the molecule is CCOC(=O)COCCN[C@H](C)c1cccc(C)c1. The maximum Gasteiger partial charge on any atom is 0.332 e. The van der Waals surface area contributed by atoms with Gasteiger partial charge in [-0.1, -0.05) is 29.8 Å². The van der Waals surface area contributed by atoms with Crippen LogP contribution in [0.25, 0.3) is 0 Å². The summed E-state index contributed by atoms with van der Waals surface area (Å²) in [6.07, 6.45) is 0. The highest BCUT2D eigenvalue weighted by Gasteiger charge is 2.05. The summed E-state index contributed by atoms with van der Waals surface area (Å²) in [5.41, 5.74) is 2.51. The Balaban J connectivity index is 2.17. The minimum atomic E-state index is -0.311. The van der Waals surface area contributed by atoms with E-state index in [4.69, 9.17) is 9.47 Å². The molecule has 0 bridgehead atoms. The lowest BCUT2D eigenvalue weighted by atomic mass is 10.1. The van der Waals surface area contributed by atoms with Crippen LogP contribution >= 0.6 is 0 Å². The summed E-state index contributed by atoms with van der Waals surface area (Å²) in [5, 5.41) is 3.35. The van der Waals surface area contributed by atoms with Crippen LogP contribution in [0, 0.1) is 6.92 Å². The van der Waals surface area contributed by atoms with Gasteiger partial charge in [0.2, 0.25) is 0 Å². The maximum absolute atomic E-state index is 11.0. The van der Waals surface area contributed by atoms with Crippen molar-refractivity contribution in [3.63, 3.8) is 0 Å². The van der Waals surface area contributed by atoms with Crippen LogP contribution in [-0.2, 0) is 14.3 Å². The minimum absolute atomic E-state index is 0.0222. The molecule has 0 aliphatic carbocycles. The van der Waals surface area contributed by atoms with Gasteiger partial charge in [0, 0.05) is 12.6 Å². The predicted octanol–water partition coefficient (Wildman–Crippen LogP) is 2.23. The highest BCUT2D eigenvalue weighted by Crippen LogP contribution is 2.13. The first-order chi connectivity index (χ1) is 9.13. The molecule has 1 rings (SSSR count). The van der Waals surface area contributed by atoms with Crippen molar-refractivity contribution in [2.24, 2.45) is 0 Å². The van der Waals surface area contributed by atoms with Crippen LogP contribution in [0.1, 0.15) is 31.0 Å². The van der Waals surface area contributed by atoms with E-state index < -0.39 is 0 Å². The van der Waals surface area contributed by atoms with E-state index in [1.807, 2.05) is 0 Å². The summed E-state index contributed by atoms with van der Waals surface area (Å²) in [4.78, 5) is 11.0. The lowest BCUT2D eigenvalue weighted by Gasteiger charge is -2.14. The molecule has 0 aliphatic rings. The van der Waals surface area contributed by atoms with Gasteiger partial charge in [0.1, 0.15) is 6.61 Å². The summed E-state index contributed by atoms with van der Waals surface area (Å²) in [6.45, 7) is 7.59. The second-order valence-corrected chi connectivity index (χ2v) is 4.45. The van der Waals surface area contributed by atoms with Crippen molar-refractivity contribution in [3.05, 3.63) is 35.4 Å². The molecule has 1 aromatic rings. The van der Waals surface area contributed by atoms with Gasteiger partial charge in [-0.2, -0.15) is 0 Å². The first-order valence-corrected chi connectivity index (χ1v) is 6.66. The van der Waals surface area contributed by atoms with Crippen molar-refractivity contribution < 1.29 is 14.3 Å². The van der Waals surface area contributed by atoms with E-state index in [-0.39, 0.29) is 18.6 Å². The van der Waals surface area contributed by atoms with Gasteiger partial charge in [-0.3, -0.25) is 0 Å². The highest BCUT2D eigenvalue weighted by atomic mass is 16.6. The lowest BCUT2D eigenvalue weighted by Crippen LogP contribution is -2.24. The van der Waals surface area contributed by atoms with E-state index in [1.54, 1.807) is 6.92 Å². The molecule has 0 aliphatic heterocycles. The summed E-state index contributed by atoms with van der Waals surface area (Å²) in [5.74, 6) is -0.311. The van der Waals surface area contributed by atoms with Crippen LogP contribution in [0.3, 0.4) is 0 Å². The average molecular weight is 265 g/mol. The second kappa shape index (κ2) is 8.67. The third-order valence-electron chi connectivity index (χ3n) is 2.76. The number of hydrogen-bond donors (Lipinski definition) is 1. The largest absolute Gasteiger partial charge is 0.464 e. The number of aryl methyl sites for hydroxylation is 1. The molecule has 1 atom stereocenters. The number of carbonyl (C=O) groups excluding carboxylic acids is 1. The van der Waals surface area contributed by atoms with Crippen molar-refractivity contribution in [2.45, 2.75) is 26.8 Å². The average Bonchev–Trinajstić information content (AvgIpc) is 2.38. The molecule has 0 saturated carbocycles. The topological polar surface area (TPSA) is 47.6 Å². The van der Waals surface area contributed by atoms with Gasteiger partial charge >= 0.3 is 5.97 Å². The number of ether oxygens (including phenoxy) is 2. The molecule has 0 saturated heterocycles. The third-order valence-corrected chi connectivity index (χ3v) is 2.76. The summed E-state index contributed by atoms with van der Waals surface area (Å²) in [6, 6.07) is 8.67. The Morgan fingerprint density at radius 1 is 1.42 bits per heavy atom. The molecular formula is C15H23NO3. The number of carbonyl (C=O) groups is 1. The first-order valence-electron chi connectivity index (χ1n) is 6.66. The highest BCUT2D eigenvalue weighted by molar-refractivity contribution is 5.70. The standard InChI is InChI=1S/C15H23NO3/c1-4-19-15(17)11-18-9-8-16-13(3)14-7-5-6-12(2)10-14/h5-7,10,13,16H,4,8-9,11H2,1-3H3/t13-/m1/s1. The molecule has 106 valence electrons. The monoisotopic (exact) mass is 265 g/mol.